The summed E-state index contributed by atoms with van der Waals surface area (Å²) in [6, 6.07) is 12.4. The highest BCUT2D eigenvalue weighted by Crippen LogP contribution is 2.24. The Bertz CT molecular complexity index is 1550. The second-order valence-electron chi connectivity index (χ2n) is 13.1. The minimum atomic E-state index is -0.667. The fraction of sp³-hybridized carbons (Fsp3) is 0.511. The molecule has 1 aromatic heterocycles. The van der Waals surface area contributed by atoms with Gasteiger partial charge in [-0.2, -0.15) is 0 Å². The molecule has 1 aliphatic heterocycles. The third kappa shape index (κ3) is 20.7. The highest BCUT2D eigenvalue weighted by molar-refractivity contribution is 6.05. The summed E-state index contributed by atoms with van der Waals surface area (Å²) < 4.78 is 11.0. The third-order valence-electron chi connectivity index (χ3n) is 8.02. The number of allylic oxidation sites excluding steroid dienone is 1. The number of piperazine rings is 1. The van der Waals surface area contributed by atoms with Crippen molar-refractivity contribution in [3.05, 3.63) is 95.8 Å². The van der Waals surface area contributed by atoms with Crippen molar-refractivity contribution < 1.29 is 18.8 Å². The van der Waals surface area contributed by atoms with E-state index in [-0.39, 0.29) is 17.7 Å². The minimum absolute atomic E-state index is 0.0792. The second-order valence-corrected chi connectivity index (χ2v) is 13.1. The van der Waals surface area contributed by atoms with Crippen LogP contribution in [0.5, 0.6) is 0 Å². The molecule has 1 aliphatic rings. The number of aryl methyl sites for hydroxylation is 3. The Morgan fingerprint density at radius 3 is 1.95 bits per heavy atom. The molecule has 1 amide bonds. The summed E-state index contributed by atoms with van der Waals surface area (Å²) in [5, 5.41) is 0. The van der Waals surface area contributed by atoms with Crippen LogP contribution in [0.1, 0.15) is 141 Å². The monoisotopic (exact) mass is 761 g/mol. The largest absolute Gasteiger partial charge is 0.337 e. The summed E-state index contributed by atoms with van der Waals surface area (Å²) in [4.78, 5) is 47.3. The number of anilines is 1. The SMILES string of the molecule is C=CC(=O)c1ccc(-c2cnc(N3CCN(C(C)=O)[C@H](C)C3)nc2)cc1C.C=Cc1ccc(CCCCC(C)=O)cc1CC.CC.CC.CC(C)F.CCC. The van der Waals surface area contributed by atoms with Gasteiger partial charge in [0.15, 0.2) is 5.78 Å². The van der Waals surface area contributed by atoms with Gasteiger partial charge in [0.05, 0.1) is 6.17 Å². The molecule has 0 unspecified atom stereocenters. The van der Waals surface area contributed by atoms with Crippen LogP contribution in [-0.2, 0) is 22.4 Å². The Morgan fingerprint density at radius 1 is 0.909 bits per heavy atom. The number of aromatic nitrogens is 2. The van der Waals surface area contributed by atoms with Crippen molar-refractivity contribution in [1.82, 2.24) is 14.9 Å². The molecule has 0 N–H and O–H groups in total. The van der Waals surface area contributed by atoms with E-state index in [9.17, 15) is 18.8 Å². The van der Waals surface area contributed by atoms with Gasteiger partial charge in [-0.15, -0.1) is 0 Å². The van der Waals surface area contributed by atoms with Crippen molar-refractivity contribution in [2.24, 2.45) is 0 Å². The van der Waals surface area contributed by atoms with Gasteiger partial charge in [0.2, 0.25) is 11.9 Å². The number of alkyl halides is 1. The van der Waals surface area contributed by atoms with Crippen molar-refractivity contribution in [2.75, 3.05) is 24.5 Å². The highest BCUT2D eigenvalue weighted by atomic mass is 19.1. The van der Waals surface area contributed by atoms with Crippen molar-refractivity contribution in [2.45, 2.75) is 141 Å². The Hall–Kier alpha value is -4.46. The third-order valence-corrected chi connectivity index (χ3v) is 8.02. The Morgan fingerprint density at radius 2 is 1.49 bits per heavy atom. The molecule has 0 radical (unpaired) electrons. The van der Waals surface area contributed by atoms with Crippen LogP contribution in [-0.4, -0.2) is 64.2 Å². The first kappa shape index (κ1) is 52.6. The van der Waals surface area contributed by atoms with E-state index in [0.717, 1.165) is 55.5 Å². The summed E-state index contributed by atoms with van der Waals surface area (Å²) >= 11 is 0. The molecule has 1 atom stereocenters. The summed E-state index contributed by atoms with van der Waals surface area (Å²) in [7, 11) is 0. The number of halogens is 1. The first-order chi connectivity index (χ1) is 26.2. The maximum absolute atomic E-state index is 11.8. The maximum Gasteiger partial charge on any atom is 0.225 e. The number of nitrogens with zero attached hydrogens (tertiary/aromatic N) is 4. The summed E-state index contributed by atoms with van der Waals surface area (Å²) in [5.41, 5.74) is 7.39. The number of ketones is 2. The molecule has 2 aromatic carbocycles. The summed E-state index contributed by atoms with van der Waals surface area (Å²) in [5.74, 6) is 0.988. The van der Waals surface area contributed by atoms with Gasteiger partial charge in [-0.25, -0.2) is 14.4 Å². The van der Waals surface area contributed by atoms with Crippen LogP contribution in [0.4, 0.5) is 10.3 Å². The number of carbonyl (C=O) groups excluding carboxylic acids is 3. The summed E-state index contributed by atoms with van der Waals surface area (Å²) in [6.45, 7) is 34.1. The lowest BCUT2D eigenvalue weighted by atomic mass is 9.98. The predicted octanol–water partition coefficient (Wildman–Crippen LogP) is 11.9. The van der Waals surface area contributed by atoms with E-state index in [1.807, 2.05) is 70.7 Å². The van der Waals surface area contributed by atoms with Crippen molar-refractivity contribution in [1.29, 1.82) is 0 Å². The number of amides is 1. The molecule has 1 fully saturated rings. The summed E-state index contributed by atoms with van der Waals surface area (Å²) in [6.07, 6.45) is 12.3. The van der Waals surface area contributed by atoms with Gasteiger partial charge in [-0.05, 0) is 94.2 Å². The minimum Gasteiger partial charge on any atom is -0.337 e. The van der Waals surface area contributed by atoms with Crippen molar-refractivity contribution in [3.63, 3.8) is 0 Å². The first-order valence-electron chi connectivity index (χ1n) is 20.2. The van der Waals surface area contributed by atoms with Gasteiger partial charge in [0.1, 0.15) is 5.78 Å². The number of Topliss-reactive ketones (excluding diaryl/α,β-unsaturated/α-hetero) is 1. The molecular weight excluding hydrogens is 688 g/mol. The molecule has 0 aliphatic carbocycles. The molecule has 4 rings (SSSR count). The van der Waals surface area contributed by atoms with Crippen LogP contribution < -0.4 is 4.90 Å². The Labute approximate surface area is 334 Å². The van der Waals surface area contributed by atoms with E-state index < -0.39 is 6.17 Å². The molecule has 0 saturated carbocycles. The number of carbonyl (C=O) groups is 3. The van der Waals surface area contributed by atoms with Gasteiger partial charge in [0.25, 0.3) is 0 Å². The van der Waals surface area contributed by atoms with Crippen molar-refractivity contribution >= 4 is 29.5 Å². The molecule has 0 bridgehead atoms. The van der Waals surface area contributed by atoms with Gasteiger partial charge in [-0.3, -0.25) is 9.59 Å². The predicted molar refractivity (Wildman–Crippen MR) is 235 cm³/mol. The average molecular weight is 761 g/mol. The van der Waals surface area contributed by atoms with Crippen LogP contribution in [0.2, 0.25) is 0 Å². The van der Waals surface area contributed by atoms with Gasteiger partial charge >= 0.3 is 0 Å². The van der Waals surface area contributed by atoms with E-state index in [2.05, 4.69) is 67.0 Å². The van der Waals surface area contributed by atoms with Crippen molar-refractivity contribution in [3.8, 4) is 11.1 Å². The zero-order valence-corrected chi connectivity index (χ0v) is 36.6. The fourth-order valence-corrected chi connectivity index (χ4v) is 5.49. The lowest BCUT2D eigenvalue weighted by Crippen LogP contribution is -2.53. The smallest absolute Gasteiger partial charge is 0.225 e. The zero-order valence-electron chi connectivity index (χ0n) is 36.6. The Kier molecular flexibility index (Phi) is 29.5. The average Bonchev–Trinajstić information content (AvgIpc) is 3.17. The van der Waals surface area contributed by atoms with Crippen LogP contribution in [0.15, 0.2) is 68.0 Å². The van der Waals surface area contributed by atoms with Gasteiger partial charge in [0, 0.05) is 62.5 Å². The maximum atomic E-state index is 11.8. The Balaban J connectivity index is 0. The first-order valence-corrected chi connectivity index (χ1v) is 20.2. The lowest BCUT2D eigenvalue weighted by molar-refractivity contribution is -0.131. The highest BCUT2D eigenvalue weighted by Gasteiger charge is 2.26. The van der Waals surface area contributed by atoms with E-state index in [4.69, 9.17) is 0 Å². The van der Waals surface area contributed by atoms with Crippen LogP contribution in [0, 0.1) is 6.92 Å². The van der Waals surface area contributed by atoms with Crippen LogP contribution in [0.3, 0.4) is 0 Å². The normalized spacial score (nSPS) is 12.7. The molecule has 306 valence electrons. The van der Waals surface area contributed by atoms with E-state index >= 15 is 0 Å². The molecule has 3 aromatic rings. The molecular formula is C47H73FN4O3. The molecule has 0 spiro atoms. The molecule has 55 heavy (non-hydrogen) atoms. The van der Waals surface area contributed by atoms with E-state index in [1.165, 1.54) is 43.0 Å². The zero-order chi connectivity index (χ0) is 42.5. The van der Waals surface area contributed by atoms with Crippen LogP contribution in [0.25, 0.3) is 17.2 Å². The number of hydrogen-bond donors (Lipinski definition) is 0. The molecule has 7 nitrogen and oxygen atoms in total. The topological polar surface area (TPSA) is 83.5 Å². The molecule has 1 saturated heterocycles. The fourth-order valence-electron chi connectivity index (χ4n) is 5.49. The number of rotatable bonds is 11. The number of benzene rings is 2. The molecule has 2 heterocycles. The second kappa shape index (κ2) is 30.8. The van der Waals surface area contributed by atoms with Gasteiger partial charge in [-0.1, -0.05) is 111 Å². The lowest BCUT2D eigenvalue weighted by Gasteiger charge is -2.39. The standard InChI is InChI=1S/C21H24N4O2.C16H22O.C3H7F.C3H8.2C2H6/c1-5-20(27)19-7-6-17(10-14(19)2)18-11-22-21(23-12-18)24-8-9-25(16(4)26)15(3)13-24;1-4-15-11-10-14(12-16(15)5-2)9-7-6-8-13(3)17;1-3(2)4;1-3-2;2*1-2/h5-7,10-12,15H,1,8-9,13H2,2-4H3;4,10-12H,1,5-9H2,2-3H3;3H,1-2H3;3H2,1-2H3;2*1-2H3/t15-;;;;;/m1...../s1. The number of hydrogen-bond acceptors (Lipinski definition) is 6. The van der Waals surface area contributed by atoms with E-state index in [0.29, 0.717) is 30.3 Å². The van der Waals surface area contributed by atoms with Gasteiger partial charge < -0.3 is 14.6 Å². The quantitative estimate of drug-likeness (QED) is 0.110. The molecule has 8 heteroatoms. The van der Waals surface area contributed by atoms with E-state index in [1.54, 1.807) is 26.2 Å². The van der Waals surface area contributed by atoms with Crippen LogP contribution >= 0.6 is 0 Å². The number of unbranched alkanes of at least 4 members (excludes halogenated alkanes) is 1.